The average Bonchev–Trinajstić information content (AvgIpc) is 2.65. The maximum absolute atomic E-state index is 12.5. The van der Waals surface area contributed by atoms with Crippen molar-refractivity contribution < 1.29 is 13.2 Å². The normalized spacial score (nSPS) is 11.3. The second-order valence-corrected chi connectivity index (χ2v) is 9.18. The summed E-state index contributed by atoms with van der Waals surface area (Å²) in [5.41, 5.74) is 3.67. The van der Waals surface area contributed by atoms with E-state index in [0.717, 1.165) is 34.5 Å². The maximum Gasteiger partial charge on any atom is 0.241 e. The minimum absolute atomic E-state index is 0.220. The monoisotopic (exact) mass is 442 g/mol. The number of benzene rings is 2. The van der Waals surface area contributed by atoms with Gasteiger partial charge < -0.3 is 5.32 Å². The van der Waals surface area contributed by atoms with Crippen LogP contribution in [0.2, 0.25) is 10.0 Å². The highest BCUT2D eigenvalue weighted by Gasteiger charge is 2.21. The minimum Gasteiger partial charge on any atom is -0.350 e. The number of aryl methyl sites for hydroxylation is 2. The molecule has 0 heterocycles. The van der Waals surface area contributed by atoms with Crippen LogP contribution in [-0.4, -0.2) is 27.1 Å². The van der Waals surface area contributed by atoms with E-state index < -0.39 is 15.9 Å². The Morgan fingerprint density at radius 2 is 1.71 bits per heavy atom. The lowest BCUT2D eigenvalue weighted by molar-refractivity contribution is -0.119. The van der Waals surface area contributed by atoms with E-state index in [0.29, 0.717) is 11.6 Å². The zero-order valence-electron chi connectivity index (χ0n) is 16.1. The average molecular weight is 443 g/mol. The molecule has 0 saturated carbocycles. The van der Waals surface area contributed by atoms with Crippen LogP contribution in [0.3, 0.4) is 0 Å². The van der Waals surface area contributed by atoms with E-state index in [1.807, 2.05) is 0 Å². The van der Waals surface area contributed by atoms with E-state index in [1.165, 1.54) is 23.8 Å². The number of nitrogens with one attached hydrogen (secondary N) is 1. The van der Waals surface area contributed by atoms with Crippen LogP contribution >= 0.6 is 23.2 Å². The van der Waals surface area contributed by atoms with Crippen molar-refractivity contribution in [3.63, 3.8) is 0 Å². The van der Waals surface area contributed by atoms with Crippen LogP contribution < -0.4 is 9.62 Å². The molecule has 0 radical (unpaired) electrons. The Balaban J connectivity index is 2.16. The first-order valence-corrected chi connectivity index (χ1v) is 11.6. The van der Waals surface area contributed by atoms with Crippen LogP contribution in [0.25, 0.3) is 0 Å². The summed E-state index contributed by atoms with van der Waals surface area (Å²) in [4.78, 5) is 12.5. The molecule has 8 heteroatoms. The SMILES string of the molecule is CCc1ccc(CC)c(CNC(=O)CN(c2ccc(Cl)c(Cl)c2)S(C)(=O)=O)c1. The van der Waals surface area contributed by atoms with Crippen molar-refractivity contribution in [1.82, 2.24) is 5.32 Å². The van der Waals surface area contributed by atoms with E-state index in [4.69, 9.17) is 23.2 Å². The number of rotatable bonds is 8. The van der Waals surface area contributed by atoms with Gasteiger partial charge >= 0.3 is 0 Å². The first kappa shape index (κ1) is 22.5. The number of carbonyl (C=O) groups is 1. The van der Waals surface area contributed by atoms with Crippen LogP contribution in [0.5, 0.6) is 0 Å². The highest BCUT2D eigenvalue weighted by Crippen LogP contribution is 2.28. The lowest BCUT2D eigenvalue weighted by Gasteiger charge is -2.22. The topological polar surface area (TPSA) is 66.5 Å². The first-order chi connectivity index (χ1) is 13.2. The molecule has 2 aromatic rings. The third-order valence-electron chi connectivity index (χ3n) is 4.41. The molecule has 0 aromatic heterocycles. The maximum atomic E-state index is 12.5. The van der Waals surface area contributed by atoms with Crippen molar-refractivity contribution in [2.45, 2.75) is 33.2 Å². The van der Waals surface area contributed by atoms with E-state index in [1.54, 1.807) is 0 Å². The number of sulfonamides is 1. The lowest BCUT2D eigenvalue weighted by atomic mass is 10.0. The summed E-state index contributed by atoms with van der Waals surface area (Å²) in [6.07, 6.45) is 2.81. The summed E-state index contributed by atoms with van der Waals surface area (Å²) in [6, 6.07) is 10.7. The Kier molecular flexibility index (Phi) is 7.75. The molecule has 0 aliphatic rings. The molecule has 0 aliphatic carbocycles. The Labute approximate surface area is 176 Å². The van der Waals surface area contributed by atoms with Crippen molar-refractivity contribution in [3.8, 4) is 0 Å². The highest BCUT2D eigenvalue weighted by atomic mass is 35.5. The molecule has 1 amide bonds. The molecular formula is C20H24Cl2N2O3S. The molecule has 0 atom stereocenters. The van der Waals surface area contributed by atoms with Crippen LogP contribution in [0, 0.1) is 0 Å². The zero-order chi connectivity index (χ0) is 20.9. The molecule has 5 nitrogen and oxygen atoms in total. The fourth-order valence-electron chi connectivity index (χ4n) is 2.83. The van der Waals surface area contributed by atoms with Gasteiger partial charge in [0, 0.05) is 6.54 Å². The quantitative estimate of drug-likeness (QED) is 0.665. The second-order valence-electron chi connectivity index (χ2n) is 6.45. The van der Waals surface area contributed by atoms with Gasteiger partial charge in [0.25, 0.3) is 0 Å². The van der Waals surface area contributed by atoms with Crippen LogP contribution in [0.15, 0.2) is 36.4 Å². The molecule has 0 spiro atoms. The van der Waals surface area contributed by atoms with E-state index >= 15 is 0 Å². The van der Waals surface area contributed by atoms with Gasteiger partial charge in [0.2, 0.25) is 15.9 Å². The van der Waals surface area contributed by atoms with Gasteiger partial charge in [-0.3, -0.25) is 9.10 Å². The molecule has 1 N–H and O–H groups in total. The summed E-state index contributed by atoms with van der Waals surface area (Å²) < 4.78 is 25.4. The molecule has 0 bridgehead atoms. The number of anilines is 1. The smallest absolute Gasteiger partial charge is 0.241 e. The van der Waals surface area contributed by atoms with Gasteiger partial charge in [-0.25, -0.2) is 8.42 Å². The van der Waals surface area contributed by atoms with Gasteiger partial charge in [-0.1, -0.05) is 55.2 Å². The third kappa shape index (κ3) is 5.87. The van der Waals surface area contributed by atoms with Crippen LogP contribution in [0.1, 0.15) is 30.5 Å². The number of halogens is 2. The summed E-state index contributed by atoms with van der Waals surface area (Å²) in [5.74, 6) is -0.402. The fourth-order valence-corrected chi connectivity index (χ4v) is 3.97. The number of carbonyl (C=O) groups excluding carboxylic acids is 1. The van der Waals surface area contributed by atoms with Crippen molar-refractivity contribution in [2.75, 3.05) is 17.1 Å². The molecule has 2 aromatic carbocycles. The number of hydrogen-bond donors (Lipinski definition) is 1. The van der Waals surface area contributed by atoms with Gasteiger partial charge in [-0.05, 0) is 47.7 Å². The Bertz CT molecular complexity index is 962. The molecule has 0 saturated heterocycles. The van der Waals surface area contributed by atoms with Crippen molar-refractivity contribution in [1.29, 1.82) is 0 Å². The van der Waals surface area contributed by atoms with Gasteiger partial charge in [0.1, 0.15) is 6.54 Å². The first-order valence-electron chi connectivity index (χ1n) is 8.95. The lowest BCUT2D eigenvalue weighted by Crippen LogP contribution is -2.40. The molecule has 0 aliphatic heterocycles. The third-order valence-corrected chi connectivity index (χ3v) is 6.29. The molecule has 0 fully saturated rings. The highest BCUT2D eigenvalue weighted by molar-refractivity contribution is 7.92. The van der Waals surface area contributed by atoms with Crippen LogP contribution in [0.4, 0.5) is 5.69 Å². The summed E-state index contributed by atoms with van der Waals surface area (Å²) in [7, 11) is -3.68. The van der Waals surface area contributed by atoms with Crippen molar-refractivity contribution in [3.05, 3.63) is 63.1 Å². The summed E-state index contributed by atoms with van der Waals surface area (Å²) in [5, 5.41) is 3.35. The van der Waals surface area contributed by atoms with Gasteiger partial charge in [0.05, 0.1) is 22.0 Å². The number of nitrogens with zero attached hydrogens (tertiary/aromatic N) is 1. The van der Waals surface area contributed by atoms with E-state index in [-0.39, 0.29) is 17.3 Å². The summed E-state index contributed by atoms with van der Waals surface area (Å²) >= 11 is 11.9. The van der Waals surface area contributed by atoms with E-state index in [2.05, 4.69) is 37.4 Å². The largest absolute Gasteiger partial charge is 0.350 e. The minimum atomic E-state index is -3.68. The molecule has 152 valence electrons. The summed E-state index contributed by atoms with van der Waals surface area (Å²) in [6.45, 7) is 4.13. The predicted octanol–water partition coefficient (Wildman–Crippen LogP) is 4.20. The molecular weight excluding hydrogens is 419 g/mol. The van der Waals surface area contributed by atoms with Gasteiger partial charge in [-0.2, -0.15) is 0 Å². The van der Waals surface area contributed by atoms with E-state index in [9.17, 15) is 13.2 Å². The number of amides is 1. The van der Waals surface area contributed by atoms with Crippen LogP contribution in [-0.2, 0) is 34.2 Å². The Morgan fingerprint density at radius 1 is 1.00 bits per heavy atom. The molecule has 28 heavy (non-hydrogen) atoms. The predicted molar refractivity (Wildman–Crippen MR) is 116 cm³/mol. The zero-order valence-corrected chi connectivity index (χ0v) is 18.5. The fraction of sp³-hybridized carbons (Fsp3) is 0.350. The van der Waals surface area contributed by atoms with Gasteiger partial charge in [0.15, 0.2) is 0 Å². The molecule has 2 rings (SSSR count). The Morgan fingerprint density at radius 3 is 2.29 bits per heavy atom. The Hall–Kier alpha value is -1.76. The molecule has 0 unspecified atom stereocenters. The standard InChI is InChI=1S/C20H24Cl2N2O3S/c1-4-14-6-7-15(5-2)16(10-14)12-23-20(25)13-24(28(3,26)27)17-8-9-18(21)19(22)11-17/h6-11H,4-5,12-13H2,1-3H3,(H,23,25). The number of hydrogen-bond acceptors (Lipinski definition) is 3. The van der Waals surface area contributed by atoms with Crippen molar-refractivity contribution >= 4 is 44.8 Å². The van der Waals surface area contributed by atoms with Crippen molar-refractivity contribution in [2.24, 2.45) is 0 Å². The van der Waals surface area contributed by atoms with Gasteiger partial charge in [-0.15, -0.1) is 0 Å². The second kappa shape index (κ2) is 9.63.